The summed E-state index contributed by atoms with van der Waals surface area (Å²) in [5, 5.41) is 12.3. The molecule has 8 nitrogen and oxygen atoms in total. The van der Waals surface area contributed by atoms with E-state index >= 15 is 8.78 Å². The van der Waals surface area contributed by atoms with Crippen LogP contribution >= 0.6 is 15.9 Å². The quantitative estimate of drug-likeness (QED) is 0.351. The minimum Gasteiger partial charge on any atom is -0.311 e. The number of halogens is 4. The number of carbonyl (C=O) groups is 1. The maximum Gasteiger partial charge on any atom is 0.331 e. The Hall–Kier alpha value is -3.41. The minimum absolute atomic E-state index is 0.0387. The largest absolute Gasteiger partial charge is 0.331 e. The monoisotopic (exact) mass is 493 g/mol. The molecule has 3 heterocycles. The van der Waals surface area contributed by atoms with E-state index in [1.165, 1.54) is 16.5 Å². The first-order chi connectivity index (χ1) is 14.8. The number of amides is 1. The summed E-state index contributed by atoms with van der Waals surface area (Å²) < 4.78 is 44.9. The van der Waals surface area contributed by atoms with Crippen LogP contribution < -0.4 is 10.6 Å². The van der Waals surface area contributed by atoms with E-state index in [-0.39, 0.29) is 28.7 Å². The molecule has 160 valence electrons. The van der Waals surface area contributed by atoms with Gasteiger partial charge in [-0.15, -0.1) is 0 Å². The molecule has 3 N–H and O–H groups in total. The lowest BCUT2D eigenvalue weighted by Crippen LogP contribution is -2.22. The number of hydrogen-bond donors (Lipinski definition) is 3. The van der Waals surface area contributed by atoms with Crippen molar-refractivity contribution in [3.05, 3.63) is 65.4 Å². The molecule has 0 fully saturated rings. The van der Waals surface area contributed by atoms with Crippen molar-refractivity contribution in [3.63, 3.8) is 0 Å². The van der Waals surface area contributed by atoms with Gasteiger partial charge in [0.15, 0.2) is 5.82 Å². The second-order valence-corrected chi connectivity index (χ2v) is 7.17. The summed E-state index contributed by atoms with van der Waals surface area (Å²) in [5.41, 5.74) is 0.399. The lowest BCUT2D eigenvalue weighted by atomic mass is 10.1. The molecule has 0 radical (unpaired) electrons. The van der Waals surface area contributed by atoms with Crippen LogP contribution in [-0.4, -0.2) is 35.8 Å². The number of fused-ring (bicyclic) bond motifs is 1. The summed E-state index contributed by atoms with van der Waals surface area (Å²) in [4.78, 5) is 19.8. The fourth-order valence-electron chi connectivity index (χ4n) is 2.90. The molecule has 0 bridgehead atoms. The number of benzene rings is 1. The summed E-state index contributed by atoms with van der Waals surface area (Å²) in [6.45, 7) is 1.78. The van der Waals surface area contributed by atoms with E-state index in [9.17, 15) is 9.18 Å². The Labute approximate surface area is 182 Å². The van der Waals surface area contributed by atoms with Crippen LogP contribution in [0.1, 0.15) is 17.1 Å². The molecule has 3 aromatic heterocycles. The van der Waals surface area contributed by atoms with E-state index in [1.807, 2.05) is 0 Å². The second kappa shape index (κ2) is 8.02. The van der Waals surface area contributed by atoms with Gasteiger partial charge in [0.2, 0.25) is 17.7 Å². The van der Waals surface area contributed by atoms with Crippen LogP contribution in [-0.2, 0) is 10.7 Å². The summed E-state index contributed by atoms with van der Waals surface area (Å²) >= 11 is 3.06. The molecule has 0 saturated heterocycles. The van der Waals surface area contributed by atoms with E-state index < -0.39 is 23.1 Å². The molecule has 4 rings (SSSR count). The Balaban J connectivity index is 1.86. The summed E-state index contributed by atoms with van der Waals surface area (Å²) in [7, 11) is 0. The summed E-state index contributed by atoms with van der Waals surface area (Å²) in [5.74, 6) is -4.79. The van der Waals surface area contributed by atoms with Crippen LogP contribution in [0.3, 0.4) is 0 Å². The number of rotatable bonds is 6. The van der Waals surface area contributed by atoms with Crippen molar-refractivity contribution in [1.82, 2.24) is 24.6 Å². The Morgan fingerprint density at radius 3 is 2.58 bits per heavy atom. The van der Waals surface area contributed by atoms with Crippen molar-refractivity contribution in [1.29, 1.82) is 0 Å². The zero-order valence-corrected chi connectivity index (χ0v) is 17.5. The van der Waals surface area contributed by atoms with Gasteiger partial charge in [-0.3, -0.25) is 9.89 Å². The Morgan fingerprint density at radius 1 is 1.19 bits per heavy atom. The normalized spacial score (nSPS) is 11.6. The molecule has 0 atom stereocenters. The minimum atomic E-state index is -3.60. The van der Waals surface area contributed by atoms with Gasteiger partial charge in [0.05, 0.1) is 5.33 Å². The standard InChI is InChI=1S/C19H15BrF3N7O/c1-10-8-13(29-28-10)24-18-27-17(19(22,23)11-2-4-12(21)5-3-11)26-15-7-6-14(30(15)18)25-16(31)9-20/h2-8H,9H2,1H3,(H,25,31)(H2,24,26,27,28,29). The number of nitrogens with one attached hydrogen (secondary N) is 3. The van der Waals surface area contributed by atoms with Crippen molar-refractivity contribution in [2.45, 2.75) is 12.8 Å². The number of hydrogen-bond acceptors (Lipinski definition) is 5. The first-order valence-corrected chi connectivity index (χ1v) is 10.1. The zero-order chi connectivity index (χ0) is 22.2. The van der Waals surface area contributed by atoms with Crippen LogP contribution in [0.5, 0.6) is 0 Å². The van der Waals surface area contributed by atoms with Crippen molar-refractivity contribution >= 4 is 45.1 Å². The predicted octanol–water partition coefficient (Wildman–Crippen LogP) is 4.12. The van der Waals surface area contributed by atoms with Gasteiger partial charge in [0.25, 0.3) is 0 Å². The molecule has 0 unspecified atom stereocenters. The average Bonchev–Trinajstić information content (AvgIpc) is 3.34. The van der Waals surface area contributed by atoms with Crippen molar-refractivity contribution in [3.8, 4) is 0 Å². The summed E-state index contributed by atoms with van der Waals surface area (Å²) in [6, 6.07) is 8.49. The third-order valence-corrected chi connectivity index (χ3v) is 4.84. The number of alkyl halides is 3. The number of aryl methyl sites for hydroxylation is 1. The molecule has 1 amide bonds. The smallest absolute Gasteiger partial charge is 0.311 e. The number of anilines is 3. The van der Waals surface area contributed by atoms with Gasteiger partial charge in [-0.05, 0) is 43.3 Å². The van der Waals surface area contributed by atoms with Crippen LogP contribution in [0.15, 0.2) is 42.5 Å². The number of nitrogens with zero attached hydrogens (tertiary/aromatic N) is 4. The van der Waals surface area contributed by atoms with E-state index in [4.69, 9.17) is 0 Å². The molecule has 31 heavy (non-hydrogen) atoms. The molecule has 0 aliphatic heterocycles. The van der Waals surface area contributed by atoms with Gasteiger partial charge in [-0.1, -0.05) is 15.9 Å². The van der Waals surface area contributed by atoms with E-state index in [1.54, 1.807) is 13.0 Å². The third kappa shape index (κ3) is 4.10. The highest BCUT2D eigenvalue weighted by Crippen LogP contribution is 2.35. The van der Waals surface area contributed by atoms with Gasteiger partial charge >= 0.3 is 5.92 Å². The number of H-pyrrole nitrogens is 1. The fourth-order valence-corrected chi connectivity index (χ4v) is 3.04. The summed E-state index contributed by atoms with van der Waals surface area (Å²) in [6.07, 6.45) is 0. The maximum atomic E-state index is 15.2. The second-order valence-electron chi connectivity index (χ2n) is 6.61. The molecule has 0 aliphatic carbocycles. The molecule has 0 saturated carbocycles. The van der Waals surface area contributed by atoms with Crippen LogP contribution in [0.4, 0.5) is 30.8 Å². The number of carbonyl (C=O) groups excluding carboxylic acids is 1. The average molecular weight is 494 g/mol. The molecular weight excluding hydrogens is 479 g/mol. The molecule has 0 spiro atoms. The first-order valence-electron chi connectivity index (χ1n) is 8.96. The van der Waals surface area contributed by atoms with Crippen molar-refractivity contribution in [2.24, 2.45) is 0 Å². The highest BCUT2D eigenvalue weighted by atomic mass is 79.9. The molecule has 1 aromatic carbocycles. The maximum absolute atomic E-state index is 15.2. The van der Waals surface area contributed by atoms with Gasteiger partial charge in [0.1, 0.15) is 17.3 Å². The number of aromatic nitrogens is 5. The lowest BCUT2D eigenvalue weighted by Gasteiger charge is -2.18. The van der Waals surface area contributed by atoms with Crippen molar-refractivity contribution in [2.75, 3.05) is 16.0 Å². The highest BCUT2D eigenvalue weighted by molar-refractivity contribution is 9.09. The van der Waals surface area contributed by atoms with Crippen LogP contribution in [0.25, 0.3) is 5.65 Å². The molecule has 12 heteroatoms. The Bertz CT molecular complexity index is 1250. The SMILES string of the molecule is Cc1cc(Nc2nc(C(F)(F)c3ccc(F)cc3)nc3ccc(NC(=O)CBr)n23)n[nH]1. The Morgan fingerprint density at radius 2 is 1.94 bits per heavy atom. The van der Waals surface area contributed by atoms with Gasteiger partial charge in [-0.2, -0.15) is 18.9 Å². The molecule has 0 aliphatic rings. The zero-order valence-electron chi connectivity index (χ0n) is 16.0. The van der Waals surface area contributed by atoms with Gasteiger partial charge < -0.3 is 10.6 Å². The first kappa shape index (κ1) is 20.8. The van der Waals surface area contributed by atoms with Crippen molar-refractivity contribution < 1.29 is 18.0 Å². The highest BCUT2D eigenvalue weighted by Gasteiger charge is 2.38. The van der Waals surface area contributed by atoms with E-state index in [0.29, 0.717) is 5.82 Å². The van der Waals surface area contributed by atoms with E-state index in [0.717, 1.165) is 30.0 Å². The topological polar surface area (TPSA) is 100 Å². The predicted molar refractivity (Wildman–Crippen MR) is 111 cm³/mol. The van der Waals surface area contributed by atoms with Crippen LogP contribution in [0, 0.1) is 12.7 Å². The molecular formula is C19H15BrF3N7O. The molecule has 4 aromatic rings. The fraction of sp³-hybridized carbons (Fsp3) is 0.158. The Kier molecular flexibility index (Phi) is 5.39. The third-order valence-electron chi connectivity index (χ3n) is 4.33. The van der Waals surface area contributed by atoms with Gasteiger partial charge in [0, 0.05) is 17.3 Å². The van der Waals surface area contributed by atoms with Gasteiger partial charge in [-0.25, -0.2) is 13.8 Å². The van der Waals surface area contributed by atoms with Crippen LogP contribution in [0.2, 0.25) is 0 Å². The van der Waals surface area contributed by atoms with E-state index in [2.05, 4.69) is 46.7 Å². The lowest BCUT2D eigenvalue weighted by molar-refractivity contribution is -0.113. The number of aromatic amines is 1.